The third-order valence-electron chi connectivity index (χ3n) is 2.28. The van der Waals surface area contributed by atoms with Gasteiger partial charge in [-0.05, 0) is 26.7 Å². The second kappa shape index (κ2) is 6.76. The van der Waals surface area contributed by atoms with Gasteiger partial charge >= 0.3 is 18.4 Å². The molecular weight excluding hydrogens is 301 g/mol. The molecule has 0 fully saturated rings. The fraction of sp³-hybridized carbons (Fsp3) is 0.917. The Morgan fingerprint density at radius 1 is 1.10 bits per heavy atom. The van der Waals surface area contributed by atoms with Gasteiger partial charge in [-0.3, -0.25) is 0 Å². The van der Waals surface area contributed by atoms with Crippen molar-refractivity contribution >= 4 is 6.09 Å². The Labute approximate surface area is 120 Å². The number of hydrogen-bond acceptors (Lipinski definition) is 3. The van der Waals surface area contributed by atoms with E-state index in [0.29, 0.717) is 0 Å². The molecule has 0 aliphatic rings. The van der Waals surface area contributed by atoms with Gasteiger partial charge in [-0.2, -0.15) is 22.0 Å². The zero-order valence-corrected chi connectivity index (χ0v) is 12.5. The van der Waals surface area contributed by atoms with E-state index in [1.807, 2.05) is 0 Å². The lowest BCUT2D eigenvalue weighted by atomic mass is 10.1. The molecule has 1 amide bonds. The largest absolute Gasteiger partial charge is 0.482 e. The number of ether oxygens (including phenoxy) is 2. The Morgan fingerprint density at radius 2 is 1.57 bits per heavy atom. The van der Waals surface area contributed by atoms with Crippen LogP contribution in [0.1, 0.15) is 34.6 Å². The molecule has 0 saturated heterocycles. The van der Waals surface area contributed by atoms with Crippen LogP contribution in [-0.2, 0) is 9.47 Å². The molecule has 0 aromatic rings. The van der Waals surface area contributed by atoms with Gasteiger partial charge in [0.25, 0.3) is 0 Å². The third kappa shape index (κ3) is 7.45. The van der Waals surface area contributed by atoms with Gasteiger partial charge in [0, 0.05) is 0 Å². The topological polar surface area (TPSA) is 47.6 Å². The second-order valence-electron chi connectivity index (χ2n) is 5.82. The minimum atomic E-state index is -5.81. The number of nitrogens with one attached hydrogen (secondary N) is 1. The van der Waals surface area contributed by atoms with Crippen LogP contribution >= 0.6 is 0 Å². The summed E-state index contributed by atoms with van der Waals surface area (Å²) in [5, 5.41) is 2.21. The van der Waals surface area contributed by atoms with Gasteiger partial charge < -0.3 is 14.8 Å². The maximum Gasteiger partial charge on any atom is 0.482 e. The van der Waals surface area contributed by atoms with Crippen molar-refractivity contribution in [2.75, 3.05) is 6.61 Å². The first kappa shape index (κ1) is 19.9. The van der Waals surface area contributed by atoms with Crippen molar-refractivity contribution in [1.82, 2.24) is 5.32 Å². The molecular formula is C12H20F5NO3. The Hall–Kier alpha value is -1.12. The number of carbonyl (C=O) groups excluding carboxylic acids is 1. The maximum absolute atomic E-state index is 12.7. The first-order valence-corrected chi connectivity index (χ1v) is 6.24. The first-order valence-electron chi connectivity index (χ1n) is 6.24. The van der Waals surface area contributed by atoms with Crippen molar-refractivity contribution in [2.45, 2.75) is 58.5 Å². The monoisotopic (exact) mass is 321 g/mol. The molecule has 0 radical (unpaired) electrons. The molecule has 0 bridgehead atoms. The van der Waals surface area contributed by atoms with E-state index in [1.165, 1.54) is 13.8 Å². The van der Waals surface area contributed by atoms with E-state index in [1.54, 1.807) is 20.8 Å². The smallest absolute Gasteiger partial charge is 0.444 e. The molecule has 9 heteroatoms. The van der Waals surface area contributed by atoms with Gasteiger partial charge in [0.15, 0.2) is 0 Å². The standard InChI is InChI=1S/C12H20F5NO3/c1-7(2)8(18-9(19)21-10(3,4)5)6-20-12(16,17)11(13,14)15/h7-8H,6H2,1-5H3,(H,18,19)/t8-/m1/s1. The summed E-state index contributed by atoms with van der Waals surface area (Å²) in [5.74, 6) is -0.429. The molecule has 1 atom stereocenters. The zero-order valence-electron chi connectivity index (χ0n) is 12.5. The van der Waals surface area contributed by atoms with Crippen molar-refractivity contribution in [3.63, 3.8) is 0 Å². The van der Waals surface area contributed by atoms with Gasteiger partial charge in [0.2, 0.25) is 0 Å². The van der Waals surface area contributed by atoms with E-state index in [9.17, 15) is 26.7 Å². The molecule has 0 aliphatic heterocycles. The lowest BCUT2D eigenvalue weighted by Crippen LogP contribution is -2.48. The quantitative estimate of drug-likeness (QED) is 0.785. The molecule has 0 aromatic heterocycles. The van der Waals surface area contributed by atoms with E-state index >= 15 is 0 Å². The highest BCUT2D eigenvalue weighted by Crippen LogP contribution is 2.36. The summed E-state index contributed by atoms with van der Waals surface area (Å²) >= 11 is 0. The molecule has 0 rings (SSSR count). The lowest BCUT2D eigenvalue weighted by Gasteiger charge is -2.27. The number of rotatable bonds is 5. The van der Waals surface area contributed by atoms with Crippen molar-refractivity contribution in [1.29, 1.82) is 0 Å². The van der Waals surface area contributed by atoms with E-state index in [-0.39, 0.29) is 0 Å². The molecule has 0 heterocycles. The van der Waals surface area contributed by atoms with Crippen LogP contribution in [0.15, 0.2) is 0 Å². The van der Waals surface area contributed by atoms with E-state index in [2.05, 4.69) is 10.1 Å². The van der Waals surface area contributed by atoms with Crippen LogP contribution in [0.2, 0.25) is 0 Å². The maximum atomic E-state index is 12.7. The summed E-state index contributed by atoms with van der Waals surface area (Å²) in [4.78, 5) is 11.5. The Bertz CT molecular complexity index is 350. The molecule has 0 aliphatic carbocycles. The lowest BCUT2D eigenvalue weighted by molar-refractivity contribution is -0.392. The van der Waals surface area contributed by atoms with E-state index < -0.39 is 42.5 Å². The van der Waals surface area contributed by atoms with Crippen molar-refractivity contribution in [3.05, 3.63) is 0 Å². The van der Waals surface area contributed by atoms with E-state index in [4.69, 9.17) is 4.74 Å². The second-order valence-corrected chi connectivity index (χ2v) is 5.82. The predicted molar refractivity (Wildman–Crippen MR) is 64.9 cm³/mol. The SMILES string of the molecule is CC(C)[C@@H](COC(F)(F)C(F)(F)F)NC(=O)OC(C)(C)C. The van der Waals surface area contributed by atoms with Crippen LogP contribution in [0.3, 0.4) is 0 Å². The minimum Gasteiger partial charge on any atom is -0.444 e. The Balaban J connectivity index is 4.63. The van der Waals surface area contributed by atoms with Crippen LogP contribution in [0, 0.1) is 5.92 Å². The Kier molecular flexibility index (Phi) is 6.40. The van der Waals surface area contributed by atoms with Gasteiger partial charge in [0.05, 0.1) is 12.6 Å². The first-order chi connectivity index (χ1) is 9.16. The van der Waals surface area contributed by atoms with Crippen molar-refractivity contribution in [3.8, 4) is 0 Å². The molecule has 0 aromatic carbocycles. The van der Waals surface area contributed by atoms with E-state index in [0.717, 1.165) is 0 Å². The molecule has 1 N–H and O–H groups in total. The molecule has 126 valence electrons. The average molecular weight is 321 g/mol. The number of halogens is 5. The number of amides is 1. The molecule has 0 unspecified atom stereocenters. The number of carbonyl (C=O) groups is 1. The molecule has 0 saturated carbocycles. The van der Waals surface area contributed by atoms with Crippen LogP contribution in [0.5, 0.6) is 0 Å². The highest BCUT2D eigenvalue weighted by molar-refractivity contribution is 5.68. The summed E-state index contributed by atoms with van der Waals surface area (Å²) in [6.07, 6.45) is -12.0. The fourth-order valence-electron chi connectivity index (χ4n) is 1.14. The molecule has 0 spiro atoms. The highest BCUT2D eigenvalue weighted by atomic mass is 19.4. The van der Waals surface area contributed by atoms with Crippen LogP contribution in [0.25, 0.3) is 0 Å². The van der Waals surface area contributed by atoms with Gasteiger partial charge in [-0.25, -0.2) is 4.79 Å². The third-order valence-corrected chi connectivity index (χ3v) is 2.28. The normalized spacial score (nSPS) is 15.0. The van der Waals surface area contributed by atoms with Crippen molar-refractivity contribution in [2.24, 2.45) is 5.92 Å². The Morgan fingerprint density at radius 3 is 1.90 bits per heavy atom. The summed E-state index contributed by atoms with van der Waals surface area (Å²) in [7, 11) is 0. The molecule has 21 heavy (non-hydrogen) atoms. The summed E-state index contributed by atoms with van der Waals surface area (Å²) in [5.41, 5.74) is -0.817. The fourth-order valence-corrected chi connectivity index (χ4v) is 1.14. The highest BCUT2D eigenvalue weighted by Gasteiger charge is 2.59. The summed E-state index contributed by atoms with van der Waals surface area (Å²) < 4.78 is 69.8. The van der Waals surface area contributed by atoms with Crippen LogP contribution in [0.4, 0.5) is 26.7 Å². The van der Waals surface area contributed by atoms with Crippen LogP contribution < -0.4 is 5.32 Å². The minimum absolute atomic E-state index is 0.429. The number of hydrogen-bond donors (Lipinski definition) is 1. The number of alkyl halides is 5. The zero-order chi connectivity index (χ0) is 17.1. The van der Waals surface area contributed by atoms with Crippen molar-refractivity contribution < 1.29 is 36.2 Å². The van der Waals surface area contributed by atoms with Gasteiger partial charge in [-0.1, -0.05) is 13.8 Å². The number of alkyl carbamates (subject to hydrolysis) is 1. The predicted octanol–water partition coefficient (Wildman–Crippen LogP) is 3.71. The van der Waals surface area contributed by atoms with Crippen LogP contribution in [-0.4, -0.2) is 36.6 Å². The summed E-state index contributed by atoms with van der Waals surface area (Å²) in [6, 6.07) is -1.05. The van der Waals surface area contributed by atoms with Gasteiger partial charge in [-0.15, -0.1) is 0 Å². The average Bonchev–Trinajstić information content (AvgIpc) is 2.19. The van der Waals surface area contributed by atoms with Gasteiger partial charge in [0.1, 0.15) is 5.60 Å². The summed E-state index contributed by atoms with van der Waals surface area (Å²) in [6.45, 7) is 6.85. The molecule has 4 nitrogen and oxygen atoms in total.